The molecule has 2 aromatic rings. The van der Waals surface area contributed by atoms with Crippen molar-refractivity contribution in [2.24, 2.45) is 5.41 Å². The fraction of sp³-hybridized carbons (Fsp3) is 0.565. The van der Waals surface area contributed by atoms with Gasteiger partial charge < -0.3 is 9.80 Å². The lowest BCUT2D eigenvalue weighted by molar-refractivity contribution is -0.146. The van der Waals surface area contributed by atoms with E-state index in [-0.39, 0.29) is 5.41 Å². The first-order valence-corrected chi connectivity index (χ1v) is 10.6. The van der Waals surface area contributed by atoms with E-state index in [4.69, 9.17) is 0 Å². The second kappa shape index (κ2) is 8.08. The molecular weight excluding hydrogens is 348 g/mol. The summed E-state index contributed by atoms with van der Waals surface area (Å²) in [6, 6.07) is 10.7. The monoisotopic (exact) mass is 380 g/mol. The molecule has 2 aliphatic rings. The number of rotatable bonds is 6. The molecule has 5 heteroatoms. The summed E-state index contributed by atoms with van der Waals surface area (Å²) in [7, 11) is 0. The minimum absolute atomic E-state index is 0.166. The predicted molar refractivity (Wildman–Crippen MR) is 111 cm³/mol. The molecule has 0 N–H and O–H groups in total. The number of carbonyl (C=O) groups excluding carboxylic acids is 1. The van der Waals surface area contributed by atoms with E-state index in [2.05, 4.69) is 53.0 Å². The van der Waals surface area contributed by atoms with E-state index >= 15 is 0 Å². The van der Waals surface area contributed by atoms with Gasteiger partial charge in [0.05, 0.1) is 12.0 Å². The fourth-order valence-electron chi connectivity index (χ4n) is 4.74. The molecule has 3 heterocycles. The highest BCUT2D eigenvalue weighted by molar-refractivity contribution is 5.84. The maximum absolute atomic E-state index is 13.4. The summed E-state index contributed by atoms with van der Waals surface area (Å²) in [5, 5.41) is 4.29. The summed E-state index contributed by atoms with van der Waals surface area (Å²) in [6.45, 7) is 9.83. The van der Waals surface area contributed by atoms with E-state index in [1.54, 1.807) is 0 Å². The van der Waals surface area contributed by atoms with E-state index in [9.17, 15) is 4.79 Å². The zero-order chi connectivity index (χ0) is 19.6. The smallest absolute Gasteiger partial charge is 0.230 e. The third-order valence-corrected chi connectivity index (χ3v) is 6.48. The van der Waals surface area contributed by atoms with Crippen LogP contribution in [0.4, 0.5) is 0 Å². The Morgan fingerprint density at radius 2 is 1.93 bits per heavy atom. The molecule has 0 bridgehead atoms. The molecule has 1 aromatic heterocycles. The Labute approximate surface area is 168 Å². The molecule has 1 spiro atoms. The van der Waals surface area contributed by atoms with Crippen LogP contribution in [-0.4, -0.2) is 51.7 Å². The van der Waals surface area contributed by atoms with Crippen molar-refractivity contribution in [1.82, 2.24) is 19.6 Å². The fourth-order valence-corrected chi connectivity index (χ4v) is 4.74. The van der Waals surface area contributed by atoms with Crippen LogP contribution in [0.25, 0.3) is 0 Å². The van der Waals surface area contributed by atoms with Crippen molar-refractivity contribution in [3.8, 4) is 0 Å². The number of likely N-dealkylation sites (tertiary alicyclic amines) is 2. The normalized spacial score (nSPS) is 23.2. The first-order valence-electron chi connectivity index (χ1n) is 10.6. The molecule has 2 aliphatic heterocycles. The van der Waals surface area contributed by atoms with Crippen LogP contribution in [0.2, 0.25) is 0 Å². The minimum Gasteiger partial charge on any atom is -0.338 e. The van der Waals surface area contributed by atoms with Gasteiger partial charge in [-0.25, -0.2) is 0 Å². The SMILES string of the molecule is CC(C)c1ccc(CN2CCCC3(CCN(CCn4cccn4)C3)C2=O)cc1. The van der Waals surface area contributed by atoms with Crippen LogP contribution >= 0.6 is 0 Å². The maximum Gasteiger partial charge on any atom is 0.230 e. The summed E-state index contributed by atoms with van der Waals surface area (Å²) >= 11 is 0. The highest BCUT2D eigenvalue weighted by atomic mass is 16.2. The number of hydrogen-bond donors (Lipinski definition) is 0. The molecule has 5 nitrogen and oxygen atoms in total. The van der Waals surface area contributed by atoms with Crippen molar-refractivity contribution < 1.29 is 4.79 Å². The van der Waals surface area contributed by atoms with Gasteiger partial charge in [0.1, 0.15) is 0 Å². The second-order valence-electron chi connectivity index (χ2n) is 8.80. The molecular formula is C23H32N4O. The average Bonchev–Trinajstić information content (AvgIpc) is 3.35. The summed E-state index contributed by atoms with van der Waals surface area (Å²) in [5.74, 6) is 0.911. The number of nitrogens with zero attached hydrogens (tertiary/aromatic N) is 4. The van der Waals surface area contributed by atoms with Gasteiger partial charge in [-0.2, -0.15) is 5.10 Å². The first kappa shape index (κ1) is 19.2. The van der Waals surface area contributed by atoms with Gasteiger partial charge in [-0.15, -0.1) is 0 Å². The molecule has 1 unspecified atom stereocenters. The van der Waals surface area contributed by atoms with Crippen LogP contribution < -0.4 is 0 Å². The van der Waals surface area contributed by atoms with Crippen LogP contribution in [0.5, 0.6) is 0 Å². The van der Waals surface area contributed by atoms with Gasteiger partial charge >= 0.3 is 0 Å². The molecule has 1 amide bonds. The molecule has 1 aromatic carbocycles. The van der Waals surface area contributed by atoms with E-state index in [0.29, 0.717) is 11.8 Å². The molecule has 0 saturated carbocycles. The van der Waals surface area contributed by atoms with Crippen molar-refractivity contribution in [3.63, 3.8) is 0 Å². The van der Waals surface area contributed by atoms with Gasteiger partial charge in [-0.05, 0) is 48.9 Å². The molecule has 1 atom stereocenters. The molecule has 4 rings (SSSR count). The zero-order valence-electron chi connectivity index (χ0n) is 17.2. The Kier molecular flexibility index (Phi) is 5.54. The zero-order valence-corrected chi connectivity index (χ0v) is 17.2. The van der Waals surface area contributed by atoms with Crippen molar-refractivity contribution >= 4 is 5.91 Å². The highest BCUT2D eigenvalue weighted by Gasteiger charge is 2.48. The third-order valence-electron chi connectivity index (χ3n) is 6.48. The standard InChI is InChI=1S/C23H32N4O/c1-19(2)21-7-5-20(6-8-21)17-26-12-3-9-23(22(26)28)10-14-25(18-23)15-16-27-13-4-11-24-27/h4-8,11,13,19H,3,9-10,12,14-18H2,1-2H3. The molecule has 0 radical (unpaired) electrons. The first-order chi connectivity index (χ1) is 13.6. The topological polar surface area (TPSA) is 41.4 Å². The quantitative estimate of drug-likeness (QED) is 0.770. The lowest BCUT2D eigenvalue weighted by atomic mass is 9.78. The van der Waals surface area contributed by atoms with Crippen molar-refractivity contribution in [2.45, 2.75) is 52.1 Å². The van der Waals surface area contributed by atoms with Gasteiger partial charge in [0, 0.05) is 38.6 Å². The van der Waals surface area contributed by atoms with Gasteiger partial charge in [-0.3, -0.25) is 9.48 Å². The molecule has 2 saturated heterocycles. The molecule has 0 aliphatic carbocycles. The largest absolute Gasteiger partial charge is 0.338 e. The minimum atomic E-state index is -0.166. The highest BCUT2D eigenvalue weighted by Crippen LogP contribution is 2.40. The predicted octanol–water partition coefficient (Wildman–Crippen LogP) is 3.52. The average molecular weight is 381 g/mol. The van der Waals surface area contributed by atoms with Crippen LogP contribution in [-0.2, 0) is 17.9 Å². The Hall–Kier alpha value is -2.14. The number of piperidine rings is 1. The van der Waals surface area contributed by atoms with E-state index in [1.165, 1.54) is 11.1 Å². The van der Waals surface area contributed by atoms with Gasteiger partial charge in [0.15, 0.2) is 0 Å². The van der Waals surface area contributed by atoms with Crippen molar-refractivity contribution in [2.75, 3.05) is 26.2 Å². The van der Waals surface area contributed by atoms with Crippen LogP contribution in [0.15, 0.2) is 42.7 Å². The van der Waals surface area contributed by atoms with Crippen LogP contribution in [0, 0.1) is 5.41 Å². The van der Waals surface area contributed by atoms with Crippen LogP contribution in [0.3, 0.4) is 0 Å². The van der Waals surface area contributed by atoms with Crippen molar-refractivity contribution in [3.05, 3.63) is 53.9 Å². The Morgan fingerprint density at radius 1 is 1.11 bits per heavy atom. The Morgan fingerprint density at radius 3 is 2.64 bits per heavy atom. The molecule has 28 heavy (non-hydrogen) atoms. The molecule has 2 fully saturated rings. The number of aromatic nitrogens is 2. The lowest BCUT2D eigenvalue weighted by Gasteiger charge is -2.39. The van der Waals surface area contributed by atoms with E-state index in [0.717, 1.165) is 58.5 Å². The van der Waals surface area contributed by atoms with E-state index in [1.807, 2.05) is 23.1 Å². The van der Waals surface area contributed by atoms with E-state index < -0.39 is 0 Å². The van der Waals surface area contributed by atoms with Gasteiger partial charge in [-0.1, -0.05) is 38.1 Å². The second-order valence-corrected chi connectivity index (χ2v) is 8.80. The molecule has 150 valence electrons. The number of amides is 1. The Bertz CT molecular complexity index is 783. The lowest BCUT2D eigenvalue weighted by Crippen LogP contribution is -2.49. The summed E-state index contributed by atoms with van der Waals surface area (Å²) < 4.78 is 1.97. The number of hydrogen-bond acceptors (Lipinski definition) is 3. The number of carbonyl (C=O) groups is 1. The van der Waals surface area contributed by atoms with Gasteiger partial charge in [0.25, 0.3) is 0 Å². The maximum atomic E-state index is 13.4. The summed E-state index contributed by atoms with van der Waals surface area (Å²) in [6.07, 6.45) is 6.97. The third kappa shape index (κ3) is 4.00. The van der Waals surface area contributed by atoms with Crippen LogP contribution in [0.1, 0.15) is 50.2 Å². The number of benzene rings is 1. The van der Waals surface area contributed by atoms with Crippen molar-refractivity contribution in [1.29, 1.82) is 0 Å². The Balaban J connectivity index is 1.37. The summed E-state index contributed by atoms with van der Waals surface area (Å²) in [4.78, 5) is 17.9. The van der Waals surface area contributed by atoms with Gasteiger partial charge in [0.2, 0.25) is 5.91 Å². The summed E-state index contributed by atoms with van der Waals surface area (Å²) in [5.41, 5.74) is 2.43.